The van der Waals surface area contributed by atoms with Crippen molar-refractivity contribution in [3.8, 4) is 0 Å². The molecule has 0 aromatic carbocycles. The lowest BCUT2D eigenvalue weighted by molar-refractivity contribution is -0.156. The molecule has 9 heteroatoms. The maximum Gasteiger partial charge on any atom is 0.355 e. The molecular formula is C14H12N2O6S. The van der Waals surface area contributed by atoms with Crippen LogP contribution in [0.3, 0.4) is 0 Å². The average molecular weight is 336 g/mol. The van der Waals surface area contributed by atoms with Gasteiger partial charge in [0, 0.05) is 11.8 Å². The van der Waals surface area contributed by atoms with Crippen molar-refractivity contribution in [3.63, 3.8) is 0 Å². The Morgan fingerprint density at radius 3 is 2.61 bits per heavy atom. The molecule has 1 fully saturated rings. The Morgan fingerprint density at radius 1 is 1.35 bits per heavy atom. The molecule has 120 valence electrons. The summed E-state index contributed by atoms with van der Waals surface area (Å²) >= 11 is 1.06. The second kappa shape index (κ2) is 5.36. The number of carboxylic acids is 2. The number of rotatable bonds is 4. The molecule has 1 amide bonds. The van der Waals surface area contributed by atoms with Crippen LogP contribution in [-0.4, -0.2) is 54.5 Å². The highest BCUT2D eigenvalue weighted by Crippen LogP contribution is 2.54. The van der Waals surface area contributed by atoms with Crippen LogP contribution in [0.15, 0.2) is 24.0 Å². The van der Waals surface area contributed by atoms with Crippen LogP contribution < -0.4 is 0 Å². The van der Waals surface area contributed by atoms with Crippen molar-refractivity contribution in [3.05, 3.63) is 35.3 Å². The number of pyridine rings is 1. The van der Waals surface area contributed by atoms with E-state index in [4.69, 9.17) is 0 Å². The number of carboxylic acid groups (broad SMARTS) is 2. The first-order valence-corrected chi connectivity index (χ1v) is 7.56. The zero-order chi connectivity index (χ0) is 16.9. The van der Waals surface area contributed by atoms with Gasteiger partial charge in [-0.3, -0.25) is 9.69 Å². The summed E-state index contributed by atoms with van der Waals surface area (Å²) in [7, 11) is 0. The minimum absolute atomic E-state index is 0.147. The quantitative estimate of drug-likeness (QED) is 0.676. The topological polar surface area (TPSA) is 128 Å². The Bertz CT molecular complexity index is 759. The van der Waals surface area contributed by atoms with Gasteiger partial charge in [-0.25, -0.2) is 14.6 Å². The van der Waals surface area contributed by atoms with Crippen molar-refractivity contribution < 1.29 is 29.7 Å². The number of β-lactam (4-membered cyclic amide) rings is 1. The van der Waals surface area contributed by atoms with E-state index in [0.29, 0.717) is 0 Å². The molecule has 0 unspecified atom stereocenters. The molecule has 8 nitrogen and oxygen atoms in total. The van der Waals surface area contributed by atoms with Gasteiger partial charge < -0.3 is 15.3 Å². The Morgan fingerprint density at radius 2 is 2.04 bits per heavy atom. The van der Waals surface area contributed by atoms with E-state index in [2.05, 4.69) is 4.98 Å². The van der Waals surface area contributed by atoms with Crippen molar-refractivity contribution in [2.45, 2.75) is 18.4 Å². The average Bonchev–Trinajstić information content (AvgIpc) is 2.81. The third kappa shape index (κ3) is 2.20. The molecule has 1 aromatic rings. The summed E-state index contributed by atoms with van der Waals surface area (Å²) in [5.41, 5.74) is -0.399. The number of aromatic carboxylic acids is 1. The fourth-order valence-corrected chi connectivity index (χ4v) is 4.37. The van der Waals surface area contributed by atoms with Gasteiger partial charge in [-0.15, -0.1) is 0 Å². The number of carbonyl (C=O) groups is 3. The summed E-state index contributed by atoms with van der Waals surface area (Å²) in [6.45, 7) is 1.46. The van der Waals surface area contributed by atoms with Crippen LogP contribution in [0.2, 0.25) is 0 Å². The van der Waals surface area contributed by atoms with E-state index in [1.807, 2.05) is 0 Å². The highest BCUT2D eigenvalue weighted by atomic mass is 32.2. The first kappa shape index (κ1) is 15.5. The summed E-state index contributed by atoms with van der Waals surface area (Å²) in [5.74, 6) is -3.80. The molecule has 0 spiro atoms. The van der Waals surface area contributed by atoms with Crippen LogP contribution in [0.5, 0.6) is 0 Å². The molecule has 0 bridgehead atoms. The van der Waals surface area contributed by atoms with Gasteiger partial charge >= 0.3 is 11.9 Å². The van der Waals surface area contributed by atoms with Crippen molar-refractivity contribution in [1.82, 2.24) is 9.88 Å². The van der Waals surface area contributed by atoms with E-state index in [0.717, 1.165) is 16.7 Å². The molecule has 3 rings (SSSR count). The van der Waals surface area contributed by atoms with E-state index in [9.17, 15) is 29.7 Å². The number of amides is 1. The largest absolute Gasteiger partial charge is 0.477 e. The fraction of sp³-hybridized carbons (Fsp3) is 0.286. The monoisotopic (exact) mass is 336 g/mol. The van der Waals surface area contributed by atoms with Crippen LogP contribution in [0.1, 0.15) is 23.0 Å². The van der Waals surface area contributed by atoms with Crippen molar-refractivity contribution >= 4 is 34.5 Å². The second-order valence-corrected chi connectivity index (χ2v) is 6.30. The third-order valence-corrected chi connectivity index (χ3v) is 5.15. The lowest BCUT2D eigenvalue weighted by atomic mass is 9.92. The molecule has 1 aromatic heterocycles. The number of aliphatic hydroxyl groups is 1. The highest BCUT2D eigenvalue weighted by molar-refractivity contribution is 8.09. The first-order chi connectivity index (χ1) is 10.8. The normalized spacial score (nSPS) is 24.3. The number of thioether (sulfide) groups is 1. The van der Waals surface area contributed by atoms with Gasteiger partial charge in [0.05, 0.1) is 16.9 Å². The van der Waals surface area contributed by atoms with E-state index in [1.54, 1.807) is 0 Å². The molecule has 2 aliphatic rings. The summed E-state index contributed by atoms with van der Waals surface area (Å²) in [4.78, 5) is 40.0. The maximum atomic E-state index is 12.1. The SMILES string of the molecule is C[C@@H](O)[C@H]1C(=O)N2C(C(=O)O)=C(c3cccnc3C(=O)O)S[C@H]12. The number of hydrogen-bond acceptors (Lipinski definition) is 6. The molecule has 0 radical (unpaired) electrons. The number of aliphatic hydroxyl groups excluding tert-OH is 1. The van der Waals surface area contributed by atoms with Crippen molar-refractivity contribution in [2.75, 3.05) is 0 Å². The fourth-order valence-electron chi connectivity index (χ4n) is 2.73. The van der Waals surface area contributed by atoms with Gasteiger partial charge in [0.25, 0.3) is 0 Å². The second-order valence-electron chi connectivity index (χ2n) is 5.17. The minimum atomic E-state index is -1.33. The number of hydrogen-bond donors (Lipinski definition) is 3. The van der Waals surface area contributed by atoms with Crippen LogP contribution in [-0.2, 0) is 9.59 Å². The molecule has 3 N–H and O–H groups in total. The van der Waals surface area contributed by atoms with E-state index in [1.165, 1.54) is 25.3 Å². The summed E-state index contributed by atoms with van der Waals surface area (Å²) in [6, 6.07) is 2.95. The van der Waals surface area contributed by atoms with Crippen LogP contribution in [0, 0.1) is 5.92 Å². The lowest BCUT2D eigenvalue weighted by Gasteiger charge is -2.43. The number of nitrogens with zero attached hydrogens (tertiary/aromatic N) is 2. The van der Waals surface area contributed by atoms with Gasteiger partial charge in [-0.2, -0.15) is 0 Å². The van der Waals surface area contributed by atoms with Crippen molar-refractivity contribution in [1.29, 1.82) is 0 Å². The Hall–Kier alpha value is -2.39. The molecule has 3 atom stereocenters. The van der Waals surface area contributed by atoms with E-state index in [-0.39, 0.29) is 21.9 Å². The summed E-state index contributed by atoms with van der Waals surface area (Å²) in [6.07, 6.45) is 0.380. The van der Waals surface area contributed by atoms with E-state index >= 15 is 0 Å². The predicted octanol–water partition coefficient (Wildman–Crippen LogP) is 0.445. The number of carbonyl (C=O) groups excluding carboxylic acids is 1. The van der Waals surface area contributed by atoms with Gasteiger partial charge in [0.1, 0.15) is 11.1 Å². The van der Waals surface area contributed by atoms with Crippen LogP contribution >= 0.6 is 11.8 Å². The molecule has 1 saturated heterocycles. The highest BCUT2D eigenvalue weighted by Gasteiger charge is 2.58. The zero-order valence-corrected chi connectivity index (χ0v) is 12.6. The smallest absolute Gasteiger partial charge is 0.355 e. The minimum Gasteiger partial charge on any atom is -0.477 e. The molecule has 0 aliphatic carbocycles. The maximum absolute atomic E-state index is 12.1. The molecule has 23 heavy (non-hydrogen) atoms. The Kier molecular flexibility index (Phi) is 3.61. The van der Waals surface area contributed by atoms with Gasteiger partial charge in [-0.05, 0) is 19.1 Å². The summed E-state index contributed by atoms with van der Waals surface area (Å²) < 4.78 is 0. The Balaban J connectivity index is 2.11. The first-order valence-electron chi connectivity index (χ1n) is 6.68. The molecule has 2 aliphatic heterocycles. The van der Waals surface area contributed by atoms with Gasteiger partial charge in [-0.1, -0.05) is 11.8 Å². The van der Waals surface area contributed by atoms with Gasteiger partial charge in [0.15, 0.2) is 5.69 Å². The van der Waals surface area contributed by atoms with Crippen LogP contribution in [0.25, 0.3) is 4.91 Å². The summed E-state index contributed by atoms with van der Waals surface area (Å²) in [5, 5.41) is 27.8. The van der Waals surface area contributed by atoms with Crippen molar-refractivity contribution in [2.24, 2.45) is 5.92 Å². The van der Waals surface area contributed by atoms with E-state index < -0.39 is 35.2 Å². The predicted molar refractivity (Wildman–Crippen MR) is 79.1 cm³/mol. The third-order valence-electron chi connectivity index (χ3n) is 3.76. The Labute approximate surface area is 134 Å². The molecule has 3 heterocycles. The van der Waals surface area contributed by atoms with Gasteiger partial charge in [0.2, 0.25) is 5.91 Å². The number of aromatic nitrogens is 1. The standard InChI is InChI=1S/C14H12N2O6S/c1-5(17)7-11(18)16-9(14(21)22)10(23-12(7)16)6-3-2-4-15-8(6)13(19)20/h2-5,7,12,17H,1H3,(H,19,20)(H,21,22)/t5-,7+,12-/m1/s1. The number of fused-ring (bicyclic) bond motifs is 1. The number of aliphatic carboxylic acids is 1. The lowest BCUT2D eigenvalue weighted by Crippen LogP contribution is -2.60. The van der Waals surface area contributed by atoms with Crippen LogP contribution in [0.4, 0.5) is 0 Å². The zero-order valence-electron chi connectivity index (χ0n) is 11.8. The molecule has 0 saturated carbocycles. The molecular weight excluding hydrogens is 324 g/mol.